The average molecular weight is 231 g/mol. The molecule has 2 aromatic heterocycles. The Morgan fingerprint density at radius 3 is 2.88 bits per heavy atom. The first-order valence-electron chi connectivity index (χ1n) is 5.29. The predicted octanol–water partition coefficient (Wildman–Crippen LogP) is 1.25. The molecule has 0 aliphatic heterocycles. The number of rotatable bonds is 5. The van der Waals surface area contributed by atoms with E-state index < -0.39 is 0 Å². The van der Waals surface area contributed by atoms with Crippen LogP contribution in [0.1, 0.15) is 16.1 Å². The van der Waals surface area contributed by atoms with Gasteiger partial charge in [-0.2, -0.15) is 5.10 Å². The van der Waals surface area contributed by atoms with Crippen molar-refractivity contribution in [1.29, 1.82) is 0 Å². The number of hydrogen-bond acceptors (Lipinski definition) is 4. The summed E-state index contributed by atoms with van der Waals surface area (Å²) in [7, 11) is 1.88. The van der Waals surface area contributed by atoms with Crippen LogP contribution in [-0.2, 0) is 13.5 Å². The predicted molar refractivity (Wildman–Crippen MR) is 62.0 cm³/mol. The van der Waals surface area contributed by atoms with Crippen LogP contribution >= 0.6 is 0 Å². The lowest BCUT2D eigenvalue weighted by Crippen LogP contribution is -2.01. The van der Waals surface area contributed by atoms with Crippen LogP contribution in [0.5, 0.6) is 5.75 Å². The van der Waals surface area contributed by atoms with Crippen molar-refractivity contribution in [3.8, 4) is 5.75 Å². The average Bonchev–Trinajstić information content (AvgIpc) is 2.76. The third-order valence-corrected chi connectivity index (χ3v) is 2.30. The van der Waals surface area contributed by atoms with E-state index >= 15 is 0 Å². The molecule has 0 atom stereocenters. The number of aldehydes is 1. The van der Waals surface area contributed by atoms with Gasteiger partial charge in [0.1, 0.15) is 11.4 Å². The van der Waals surface area contributed by atoms with E-state index in [0.717, 1.165) is 12.0 Å². The summed E-state index contributed by atoms with van der Waals surface area (Å²) >= 11 is 0. The molecular formula is C12H13N3O2. The number of pyridine rings is 1. The fourth-order valence-electron chi connectivity index (χ4n) is 1.43. The third kappa shape index (κ3) is 3.14. The van der Waals surface area contributed by atoms with Crippen LogP contribution in [0.3, 0.4) is 0 Å². The summed E-state index contributed by atoms with van der Waals surface area (Å²) in [5.74, 6) is 0.666. The highest BCUT2D eigenvalue weighted by molar-refractivity contribution is 5.71. The maximum absolute atomic E-state index is 10.4. The van der Waals surface area contributed by atoms with Crippen molar-refractivity contribution >= 4 is 6.29 Å². The molecule has 2 heterocycles. The molecule has 2 aromatic rings. The molecule has 0 aromatic carbocycles. The summed E-state index contributed by atoms with van der Waals surface area (Å²) < 4.78 is 7.26. The van der Waals surface area contributed by atoms with E-state index in [4.69, 9.17) is 4.74 Å². The largest absolute Gasteiger partial charge is 0.492 e. The van der Waals surface area contributed by atoms with Gasteiger partial charge in [-0.15, -0.1) is 0 Å². The van der Waals surface area contributed by atoms with Gasteiger partial charge in [-0.1, -0.05) is 0 Å². The van der Waals surface area contributed by atoms with Gasteiger partial charge >= 0.3 is 0 Å². The lowest BCUT2D eigenvalue weighted by atomic mass is 10.3. The number of aryl methyl sites for hydroxylation is 1. The van der Waals surface area contributed by atoms with Gasteiger partial charge in [0.25, 0.3) is 0 Å². The lowest BCUT2D eigenvalue weighted by Gasteiger charge is -2.04. The second-order valence-corrected chi connectivity index (χ2v) is 3.66. The third-order valence-electron chi connectivity index (χ3n) is 2.30. The van der Waals surface area contributed by atoms with E-state index in [1.807, 2.05) is 19.4 Å². The van der Waals surface area contributed by atoms with E-state index in [1.54, 1.807) is 23.0 Å². The van der Waals surface area contributed by atoms with Crippen molar-refractivity contribution < 1.29 is 9.53 Å². The van der Waals surface area contributed by atoms with E-state index in [0.29, 0.717) is 24.3 Å². The Hall–Kier alpha value is -2.17. The molecule has 88 valence electrons. The summed E-state index contributed by atoms with van der Waals surface area (Å²) in [4.78, 5) is 14.3. The van der Waals surface area contributed by atoms with Crippen molar-refractivity contribution in [2.24, 2.45) is 7.05 Å². The van der Waals surface area contributed by atoms with Crippen LogP contribution in [0.2, 0.25) is 0 Å². The smallest absolute Gasteiger partial charge is 0.168 e. The van der Waals surface area contributed by atoms with Gasteiger partial charge < -0.3 is 4.74 Å². The number of hydrogen-bond donors (Lipinski definition) is 0. The maximum atomic E-state index is 10.4. The summed E-state index contributed by atoms with van der Waals surface area (Å²) in [6, 6.07) is 3.37. The summed E-state index contributed by atoms with van der Waals surface area (Å²) in [5, 5.41) is 4.07. The van der Waals surface area contributed by atoms with Crippen LogP contribution in [0.25, 0.3) is 0 Å². The Kier molecular flexibility index (Phi) is 3.49. The molecule has 0 aliphatic carbocycles. The Bertz CT molecular complexity index is 491. The number of aromatic nitrogens is 3. The van der Waals surface area contributed by atoms with Gasteiger partial charge in [-0.05, 0) is 17.7 Å². The molecule has 0 radical (unpaired) electrons. The van der Waals surface area contributed by atoms with Crippen molar-refractivity contribution in [1.82, 2.24) is 14.8 Å². The lowest BCUT2D eigenvalue weighted by molar-refractivity contribution is 0.111. The van der Waals surface area contributed by atoms with Crippen LogP contribution in [0.15, 0.2) is 30.7 Å². The van der Waals surface area contributed by atoms with Gasteiger partial charge in [0, 0.05) is 19.7 Å². The molecule has 2 rings (SSSR count). The first-order valence-corrected chi connectivity index (χ1v) is 5.29. The molecular weight excluding hydrogens is 218 g/mol. The Morgan fingerprint density at radius 1 is 1.41 bits per heavy atom. The minimum Gasteiger partial charge on any atom is -0.492 e. The Labute approximate surface area is 99.1 Å². The molecule has 17 heavy (non-hydrogen) atoms. The van der Waals surface area contributed by atoms with Crippen molar-refractivity contribution in [3.05, 3.63) is 42.0 Å². The van der Waals surface area contributed by atoms with Gasteiger partial charge in [0.15, 0.2) is 6.29 Å². The summed E-state index contributed by atoms with van der Waals surface area (Å²) in [6.45, 7) is 0.563. The van der Waals surface area contributed by atoms with Gasteiger partial charge in [0.2, 0.25) is 0 Å². The fourth-order valence-corrected chi connectivity index (χ4v) is 1.43. The van der Waals surface area contributed by atoms with Crippen molar-refractivity contribution in [3.63, 3.8) is 0 Å². The molecule has 0 aliphatic rings. The summed E-state index contributed by atoms with van der Waals surface area (Å²) in [5.41, 5.74) is 1.54. The first kappa shape index (κ1) is 11.3. The molecule has 0 bridgehead atoms. The molecule has 0 saturated carbocycles. The zero-order valence-electron chi connectivity index (χ0n) is 9.54. The van der Waals surface area contributed by atoms with Crippen LogP contribution in [0.4, 0.5) is 0 Å². The van der Waals surface area contributed by atoms with Crippen LogP contribution in [-0.4, -0.2) is 27.7 Å². The van der Waals surface area contributed by atoms with Gasteiger partial charge in [0.05, 0.1) is 19.0 Å². The molecule has 0 N–H and O–H groups in total. The topological polar surface area (TPSA) is 57.0 Å². The molecule has 5 nitrogen and oxygen atoms in total. The molecule has 5 heteroatoms. The minimum absolute atomic E-state index is 0.407. The monoisotopic (exact) mass is 231 g/mol. The fraction of sp³-hybridized carbons (Fsp3) is 0.250. The summed E-state index contributed by atoms with van der Waals surface area (Å²) in [6.07, 6.45) is 6.82. The van der Waals surface area contributed by atoms with Crippen molar-refractivity contribution in [2.45, 2.75) is 6.42 Å². The number of carbonyl (C=O) groups is 1. The first-order chi connectivity index (χ1) is 8.28. The standard InChI is InChI=1S/C12H13N3O2/c1-15-8-10(6-14-15)4-5-17-12-3-2-11(9-16)13-7-12/h2-3,6-9H,4-5H2,1H3. The highest BCUT2D eigenvalue weighted by Crippen LogP contribution is 2.09. The van der Waals surface area contributed by atoms with E-state index in [2.05, 4.69) is 10.1 Å². The molecule has 0 spiro atoms. The molecule has 0 amide bonds. The number of nitrogens with zero attached hydrogens (tertiary/aromatic N) is 3. The Balaban J connectivity index is 1.83. The van der Waals surface area contributed by atoms with Crippen LogP contribution in [0, 0.1) is 0 Å². The number of carbonyl (C=O) groups excluding carboxylic acids is 1. The highest BCUT2D eigenvalue weighted by atomic mass is 16.5. The molecule has 0 saturated heterocycles. The van der Waals surface area contributed by atoms with E-state index in [-0.39, 0.29) is 0 Å². The second-order valence-electron chi connectivity index (χ2n) is 3.66. The Morgan fingerprint density at radius 2 is 2.29 bits per heavy atom. The second kappa shape index (κ2) is 5.25. The minimum atomic E-state index is 0.407. The highest BCUT2D eigenvalue weighted by Gasteiger charge is 1.98. The number of ether oxygens (including phenoxy) is 1. The van der Waals surface area contributed by atoms with Crippen molar-refractivity contribution in [2.75, 3.05) is 6.61 Å². The zero-order chi connectivity index (χ0) is 12.1. The molecule has 0 fully saturated rings. The van der Waals surface area contributed by atoms with Gasteiger partial charge in [-0.25, -0.2) is 4.98 Å². The molecule has 0 unspecified atom stereocenters. The van der Waals surface area contributed by atoms with E-state index in [1.165, 1.54) is 0 Å². The van der Waals surface area contributed by atoms with Gasteiger partial charge in [-0.3, -0.25) is 9.48 Å². The normalized spacial score (nSPS) is 10.2. The maximum Gasteiger partial charge on any atom is 0.168 e. The quantitative estimate of drug-likeness (QED) is 0.727. The zero-order valence-corrected chi connectivity index (χ0v) is 9.54. The van der Waals surface area contributed by atoms with Crippen LogP contribution < -0.4 is 4.74 Å². The van der Waals surface area contributed by atoms with E-state index in [9.17, 15) is 4.79 Å². The SMILES string of the molecule is Cn1cc(CCOc2ccc(C=O)nc2)cn1.